The van der Waals surface area contributed by atoms with Crippen LogP contribution < -0.4 is 5.32 Å². The van der Waals surface area contributed by atoms with Crippen molar-refractivity contribution in [1.82, 2.24) is 10.2 Å². The van der Waals surface area contributed by atoms with Crippen LogP contribution >= 0.6 is 11.3 Å². The Morgan fingerprint density at radius 2 is 1.88 bits per heavy atom. The van der Waals surface area contributed by atoms with Crippen LogP contribution in [0.5, 0.6) is 0 Å². The molecule has 0 radical (unpaired) electrons. The van der Waals surface area contributed by atoms with E-state index in [1.807, 2.05) is 6.07 Å². The van der Waals surface area contributed by atoms with Crippen LogP contribution in [0, 0.1) is 5.92 Å². The Morgan fingerprint density at radius 3 is 2.54 bits per heavy atom. The molecule has 4 nitrogen and oxygen atoms in total. The Hall–Kier alpha value is -2.14. The van der Waals surface area contributed by atoms with Crippen molar-refractivity contribution in [2.45, 2.75) is 39.2 Å². The summed E-state index contributed by atoms with van der Waals surface area (Å²) in [6.45, 7) is 2.70. The summed E-state index contributed by atoms with van der Waals surface area (Å²) < 4.78 is 0. The molecule has 0 spiro atoms. The predicted octanol–water partition coefficient (Wildman–Crippen LogP) is 3.43. The quantitative estimate of drug-likeness (QED) is 0.877. The molecule has 1 aromatic heterocycles. The van der Waals surface area contributed by atoms with Crippen LogP contribution in [0.25, 0.3) is 0 Å². The maximum atomic E-state index is 12.6. The lowest BCUT2D eigenvalue weighted by Crippen LogP contribution is -2.33. The standard InChI is InChI=1S/C21H26N2O2S/c1-4-14-5-7-15(8-6-14)13-22-20(24)16-9-10-18-17(11-16)12-19(26-18)21(25)23(2)3/h5-8,12,16H,4,9-11,13H2,1-3H3,(H,22,24). The molecule has 1 aliphatic rings. The minimum Gasteiger partial charge on any atom is -0.352 e. The summed E-state index contributed by atoms with van der Waals surface area (Å²) in [6.07, 6.45) is 3.48. The van der Waals surface area contributed by atoms with Crippen molar-refractivity contribution in [3.8, 4) is 0 Å². The van der Waals surface area contributed by atoms with Crippen molar-refractivity contribution in [2.75, 3.05) is 14.1 Å². The molecule has 138 valence electrons. The molecule has 3 rings (SSSR count). The summed E-state index contributed by atoms with van der Waals surface area (Å²) in [7, 11) is 3.54. The van der Waals surface area contributed by atoms with E-state index in [1.54, 1.807) is 30.3 Å². The number of hydrogen-bond donors (Lipinski definition) is 1. The molecule has 0 fully saturated rings. The normalized spacial score (nSPS) is 16.0. The second-order valence-electron chi connectivity index (χ2n) is 7.09. The van der Waals surface area contributed by atoms with Gasteiger partial charge in [-0.05, 0) is 48.4 Å². The number of fused-ring (bicyclic) bond motifs is 1. The molecule has 0 saturated heterocycles. The van der Waals surface area contributed by atoms with Crippen LogP contribution in [-0.4, -0.2) is 30.8 Å². The zero-order chi connectivity index (χ0) is 18.7. The molecule has 2 amide bonds. The number of benzene rings is 1. The van der Waals surface area contributed by atoms with E-state index < -0.39 is 0 Å². The molecular formula is C21H26N2O2S. The highest BCUT2D eigenvalue weighted by atomic mass is 32.1. The Morgan fingerprint density at radius 1 is 1.19 bits per heavy atom. The van der Waals surface area contributed by atoms with Gasteiger partial charge < -0.3 is 10.2 Å². The van der Waals surface area contributed by atoms with Crippen LogP contribution in [0.4, 0.5) is 0 Å². The van der Waals surface area contributed by atoms with Crippen molar-refractivity contribution in [2.24, 2.45) is 5.92 Å². The summed E-state index contributed by atoms with van der Waals surface area (Å²) in [5.74, 6) is 0.150. The van der Waals surface area contributed by atoms with Crippen LogP contribution in [-0.2, 0) is 30.6 Å². The number of aryl methyl sites for hydroxylation is 2. The maximum absolute atomic E-state index is 12.6. The molecule has 1 aromatic carbocycles. The predicted molar refractivity (Wildman–Crippen MR) is 106 cm³/mol. The SMILES string of the molecule is CCc1ccc(CNC(=O)C2CCc3sc(C(=O)N(C)C)cc3C2)cc1. The van der Waals surface area contributed by atoms with Crippen molar-refractivity contribution >= 4 is 23.2 Å². The molecule has 1 aliphatic carbocycles. The zero-order valence-electron chi connectivity index (χ0n) is 15.7. The van der Waals surface area contributed by atoms with E-state index in [0.717, 1.165) is 36.1 Å². The van der Waals surface area contributed by atoms with E-state index in [9.17, 15) is 9.59 Å². The second-order valence-corrected chi connectivity index (χ2v) is 8.22. The topological polar surface area (TPSA) is 49.4 Å². The van der Waals surface area contributed by atoms with Gasteiger partial charge in [-0.15, -0.1) is 11.3 Å². The average molecular weight is 371 g/mol. The fourth-order valence-corrected chi connectivity index (χ4v) is 4.53. The van der Waals surface area contributed by atoms with Crippen LogP contribution in [0.2, 0.25) is 0 Å². The number of rotatable bonds is 5. The van der Waals surface area contributed by atoms with Gasteiger partial charge in [0.2, 0.25) is 5.91 Å². The Labute approximate surface area is 159 Å². The van der Waals surface area contributed by atoms with Crippen LogP contribution in [0.3, 0.4) is 0 Å². The van der Waals surface area contributed by atoms with E-state index in [1.165, 1.54) is 16.0 Å². The first-order valence-corrected chi connectivity index (χ1v) is 9.98. The monoisotopic (exact) mass is 370 g/mol. The van der Waals surface area contributed by atoms with Gasteiger partial charge in [0.1, 0.15) is 0 Å². The summed E-state index contributed by atoms with van der Waals surface area (Å²) in [5.41, 5.74) is 3.60. The molecule has 1 heterocycles. The molecule has 0 bridgehead atoms. The van der Waals surface area contributed by atoms with Crippen LogP contribution in [0.1, 0.15) is 44.6 Å². The van der Waals surface area contributed by atoms with Gasteiger partial charge in [-0.25, -0.2) is 0 Å². The minimum atomic E-state index is -0.00526. The molecule has 2 aromatic rings. The van der Waals surface area contributed by atoms with Gasteiger partial charge in [0.15, 0.2) is 0 Å². The molecule has 1 atom stereocenters. The van der Waals surface area contributed by atoms with Gasteiger partial charge >= 0.3 is 0 Å². The number of hydrogen-bond acceptors (Lipinski definition) is 3. The second kappa shape index (κ2) is 8.04. The highest BCUT2D eigenvalue weighted by Crippen LogP contribution is 2.33. The molecule has 5 heteroatoms. The molecular weight excluding hydrogens is 344 g/mol. The molecule has 26 heavy (non-hydrogen) atoms. The molecule has 0 aliphatic heterocycles. The number of nitrogens with zero attached hydrogens (tertiary/aromatic N) is 1. The largest absolute Gasteiger partial charge is 0.352 e. The Bertz CT molecular complexity index is 793. The minimum absolute atomic E-state index is 0.00526. The van der Waals surface area contributed by atoms with Gasteiger partial charge in [0.25, 0.3) is 5.91 Å². The lowest BCUT2D eigenvalue weighted by Gasteiger charge is -2.21. The van der Waals surface area contributed by atoms with Crippen molar-refractivity contribution in [1.29, 1.82) is 0 Å². The highest BCUT2D eigenvalue weighted by Gasteiger charge is 2.27. The summed E-state index contributed by atoms with van der Waals surface area (Å²) in [5, 5.41) is 3.07. The number of nitrogens with one attached hydrogen (secondary N) is 1. The summed E-state index contributed by atoms with van der Waals surface area (Å²) in [4.78, 5) is 28.3. The van der Waals surface area contributed by atoms with E-state index in [0.29, 0.717) is 6.54 Å². The highest BCUT2D eigenvalue weighted by molar-refractivity contribution is 7.14. The van der Waals surface area contributed by atoms with Gasteiger partial charge in [-0.3, -0.25) is 9.59 Å². The Balaban J connectivity index is 1.59. The van der Waals surface area contributed by atoms with Gasteiger partial charge in [-0.2, -0.15) is 0 Å². The summed E-state index contributed by atoms with van der Waals surface area (Å²) >= 11 is 1.58. The first kappa shape index (κ1) is 18.6. The fraction of sp³-hybridized carbons (Fsp3) is 0.429. The van der Waals surface area contributed by atoms with E-state index in [2.05, 4.69) is 36.5 Å². The number of amides is 2. The number of carbonyl (C=O) groups is 2. The van der Waals surface area contributed by atoms with Crippen molar-refractivity contribution in [3.05, 3.63) is 56.8 Å². The van der Waals surface area contributed by atoms with Crippen molar-refractivity contribution < 1.29 is 9.59 Å². The molecule has 1 unspecified atom stereocenters. The maximum Gasteiger partial charge on any atom is 0.263 e. The molecule has 1 N–H and O–H groups in total. The van der Waals surface area contributed by atoms with E-state index in [-0.39, 0.29) is 17.7 Å². The fourth-order valence-electron chi connectivity index (χ4n) is 3.30. The smallest absolute Gasteiger partial charge is 0.263 e. The first-order valence-electron chi connectivity index (χ1n) is 9.16. The Kier molecular flexibility index (Phi) is 5.77. The summed E-state index contributed by atoms with van der Waals surface area (Å²) in [6, 6.07) is 10.4. The lowest BCUT2D eigenvalue weighted by molar-refractivity contribution is -0.125. The van der Waals surface area contributed by atoms with E-state index >= 15 is 0 Å². The third-order valence-corrected chi connectivity index (χ3v) is 6.19. The number of thiophene rings is 1. The lowest BCUT2D eigenvalue weighted by atomic mass is 9.87. The third kappa shape index (κ3) is 4.15. The third-order valence-electron chi connectivity index (χ3n) is 4.97. The zero-order valence-corrected chi connectivity index (χ0v) is 16.5. The van der Waals surface area contributed by atoms with Crippen molar-refractivity contribution in [3.63, 3.8) is 0 Å². The molecule has 0 saturated carbocycles. The van der Waals surface area contributed by atoms with Gasteiger partial charge in [0.05, 0.1) is 4.88 Å². The number of carbonyl (C=O) groups excluding carboxylic acids is 2. The van der Waals surface area contributed by atoms with Gasteiger partial charge in [0, 0.05) is 31.4 Å². The average Bonchev–Trinajstić information content (AvgIpc) is 3.08. The van der Waals surface area contributed by atoms with Gasteiger partial charge in [-0.1, -0.05) is 31.2 Å². The first-order chi connectivity index (χ1) is 12.5. The van der Waals surface area contributed by atoms with E-state index in [4.69, 9.17) is 0 Å². The van der Waals surface area contributed by atoms with Crippen LogP contribution in [0.15, 0.2) is 30.3 Å².